The quantitative estimate of drug-likeness (QED) is 0.901. The Balaban J connectivity index is 1.88. The summed E-state index contributed by atoms with van der Waals surface area (Å²) in [4.78, 5) is 4.53. The van der Waals surface area contributed by atoms with Crippen molar-refractivity contribution in [1.82, 2.24) is 10.3 Å². The maximum absolute atomic E-state index is 4.53. The van der Waals surface area contributed by atoms with Crippen LogP contribution < -0.4 is 5.32 Å². The normalized spacial score (nSPS) is 26.1. The van der Waals surface area contributed by atoms with E-state index in [1.807, 2.05) is 12.3 Å². The number of fused-ring (bicyclic) bond motifs is 1. The minimum Gasteiger partial charge on any atom is -0.317 e. The molecule has 3 rings (SSSR count). The molecule has 1 heterocycles. The summed E-state index contributed by atoms with van der Waals surface area (Å²) in [5.41, 5.74) is 2.62. The molecule has 1 aromatic heterocycles. The maximum atomic E-state index is 4.53. The van der Waals surface area contributed by atoms with E-state index in [1.165, 1.54) is 30.2 Å². The van der Waals surface area contributed by atoms with E-state index in [1.54, 1.807) is 0 Å². The van der Waals surface area contributed by atoms with Gasteiger partial charge in [0.2, 0.25) is 0 Å². The van der Waals surface area contributed by atoms with E-state index in [2.05, 4.69) is 48.4 Å². The van der Waals surface area contributed by atoms with Crippen LogP contribution in [-0.4, -0.2) is 18.1 Å². The van der Waals surface area contributed by atoms with E-state index in [-0.39, 0.29) is 0 Å². The Hall–Kier alpha value is -1.41. The summed E-state index contributed by atoms with van der Waals surface area (Å²) in [5, 5.41) is 4.80. The minimum atomic E-state index is 0.680. The molecule has 0 bridgehead atoms. The van der Waals surface area contributed by atoms with Crippen molar-refractivity contribution < 1.29 is 0 Å². The summed E-state index contributed by atoms with van der Waals surface area (Å²) in [5.74, 6) is 2.29. The summed E-state index contributed by atoms with van der Waals surface area (Å²) in [6, 6.07) is 11.0. The van der Waals surface area contributed by atoms with Crippen molar-refractivity contribution in [2.24, 2.45) is 11.8 Å². The van der Waals surface area contributed by atoms with Crippen LogP contribution in [0.5, 0.6) is 0 Å². The SMILES string of the molecule is CCNCC1CCC(C)CC1c1ccc2cccnc2c1. The molecule has 1 N–H and O–H groups in total. The molecular formula is C19H26N2. The first-order chi connectivity index (χ1) is 10.3. The summed E-state index contributed by atoms with van der Waals surface area (Å²) < 4.78 is 0. The minimum absolute atomic E-state index is 0.680. The Kier molecular flexibility index (Phi) is 4.54. The van der Waals surface area contributed by atoms with Gasteiger partial charge in [-0.2, -0.15) is 0 Å². The fourth-order valence-corrected chi connectivity index (χ4v) is 3.74. The number of rotatable bonds is 4. The van der Waals surface area contributed by atoms with Crippen LogP contribution in [0, 0.1) is 11.8 Å². The highest BCUT2D eigenvalue weighted by atomic mass is 14.8. The van der Waals surface area contributed by atoms with Gasteiger partial charge in [-0.25, -0.2) is 0 Å². The molecule has 1 aliphatic carbocycles. The molecule has 0 radical (unpaired) electrons. The van der Waals surface area contributed by atoms with Gasteiger partial charge in [0.25, 0.3) is 0 Å². The van der Waals surface area contributed by atoms with Crippen LogP contribution in [0.15, 0.2) is 36.5 Å². The number of aromatic nitrogens is 1. The number of nitrogens with zero attached hydrogens (tertiary/aromatic N) is 1. The van der Waals surface area contributed by atoms with Gasteiger partial charge in [-0.15, -0.1) is 0 Å². The van der Waals surface area contributed by atoms with Gasteiger partial charge in [-0.05, 0) is 61.4 Å². The van der Waals surface area contributed by atoms with Gasteiger partial charge in [-0.1, -0.05) is 38.5 Å². The topological polar surface area (TPSA) is 24.9 Å². The van der Waals surface area contributed by atoms with E-state index in [9.17, 15) is 0 Å². The van der Waals surface area contributed by atoms with Gasteiger partial charge in [0.15, 0.2) is 0 Å². The molecule has 1 saturated carbocycles. The molecular weight excluding hydrogens is 256 g/mol. The molecule has 1 aliphatic rings. The first-order valence-corrected chi connectivity index (χ1v) is 8.33. The van der Waals surface area contributed by atoms with Crippen molar-refractivity contribution in [2.45, 2.75) is 39.0 Å². The first-order valence-electron chi connectivity index (χ1n) is 8.33. The van der Waals surface area contributed by atoms with E-state index < -0.39 is 0 Å². The average molecular weight is 282 g/mol. The van der Waals surface area contributed by atoms with Crippen molar-refractivity contribution in [3.63, 3.8) is 0 Å². The summed E-state index contributed by atoms with van der Waals surface area (Å²) in [6.07, 6.45) is 5.93. The Morgan fingerprint density at radius 1 is 1.24 bits per heavy atom. The lowest BCUT2D eigenvalue weighted by Crippen LogP contribution is -2.31. The zero-order chi connectivity index (χ0) is 14.7. The average Bonchev–Trinajstić information content (AvgIpc) is 2.53. The fourth-order valence-electron chi connectivity index (χ4n) is 3.74. The van der Waals surface area contributed by atoms with Crippen molar-refractivity contribution >= 4 is 10.9 Å². The van der Waals surface area contributed by atoms with Crippen molar-refractivity contribution in [2.75, 3.05) is 13.1 Å². The molecule has 3 atom stereocenters. The Morgan fingerprint density at radius 3 is 3.00 bits per heavy atom. The Morgan fingerprint density at radius 2 is 2.14 bits per heavy atom. The predicted octanol–water partition coefficient (Wildman–Crippen LogP) is 4.36. The molecule has 1 aromatic carbocycles. The van der Waals surface area contributed by atoms with Crippen molar-refractivity contribution in [3.8, 4) is 0 Å². The molecule has 2 nitrogen and oxygen atoms in total. The molecule has 0 amide bonds. The van der Waals surface area contributed by atoms with E-state index in [4.69, 9.17) is 0 Å². The van der Waals surface area contributed by atoms with Crippen LogP contribution in [0.3, 0.4) is 0 Å². The lowest BCUT2D eigenvalue weighted by molar-refractivity contribution is 0.243. The summed E-state index contributed by atoms with van der Waals surface area (Å²) >= 11 is 0. The Labute approximate surface area is 128 Å². The second kappa shape index (κ2) is 6.57. The highest BCUT2D eigenvalue weighted by Gasteiger charge is 2.29. The molecule has 112 valence electrons. The van der Waals surface area contributed by atoms with Gasteiger partial charge in [0.1, 0.15) is 0 Å². The fraction of sp³-hybridized carbons (Fsp3) is 0.526. The molecule has 0 spiro atoms. The van der Waals surface area contributed by atoms with Crippen molar-refractivity contribution in [3.05, 3.63) is 42.1 Å². The molecule has 2 heteroatoms. The zero-order valence-corrected chi connectivity index (χ0v) is 13.2. The highest BCUT2D eigenvalue weighted by molar-refractivity contribution is 5.79. The lowest BCUT2D eigenvalue weighted by Gasteiger charge is -2.35. The number of hydrogen-bond acceptors (Lipinski definition) is 2. The molecule has 1 fully saturated rings. The van der Waals surface area contributed by atoms with Crippen molar-refractivity contribution in [1.29, 1.82) is 0 Å². The first kappa shape index (κ1) is 14.5. The van der Waals surface area contributed by atoms with Crippen LogP contribution in [-0.2, 0) is 0 Å². The van der Waals surface area contributed by atoms with Crippen LogP contribution in [0.4, 0.5) is 0 Å². The number of pyridine rings is 1. The zero-order valence-electron chi connectivity index (χ0n) is 13.2. The highest BCUT2D eigenvalue weighted by Crippen LogP contribution is 2.40. The second-order valence-electron chi connectivity index (χ2n) is 6.55. The van der Waals surface area contributed by atoms with E-state index in [0.29, 0.717) is 5.92 Å². The molecule has 2 aromatic rings. The second-order valence-corrected chi connectivity index (χ2v) is 6.55. The van der Waals surface area contributed by atoms with Gasteiger partial charge in [0.05, 0.1) is 5.52 Å². The Bertz CT molecular complexity index is 591. The lowest BCUT2D eigenvalue weighted by atomic mass is 9.71. The third kappa shape index (κ3) is 3.26. The van der Waals surface area contributed by atoms with Crippen LogP contribution in [0.2, 0.25) is 0 Å². The summed E-state index contributed by atoms with van der Waals surface area (Å²) in [7, 11) is 0. The van der Waals surface area contributed by atoms with Crippen LogP contribution in [0.1, 0.15) is 44.6 Å². The van der Waals surface area contributed by atoms with Gasteiger partial charge in [-0.3, -0.25) is 4.98 Å². The van der Waals surface area contributed by atoms with Gasteiger partial charge in [0, 0.05) is 11.6 Å². The summed E-state index contributed by atoms with van der Waals surface area (Å²) in [6.45, 7) is 6.81. The predicted molar refractivity (Wildman–Crippen MR) is 89.5 cm³/mol. The smallest absolute Gasteiger partial charge is 0.0704 e. The standard InChI is InChI=1S/C19H26N2/c1-3-20-13-17-7-6-14(2)11-18(17)16-9-8-15-5-4-10-21-19(15)12-16/h4-5,8-10,12,14,17-18,20H,3,6-7,11,13H2,1-2H3. The largest absolute Gasteiger partial charge is 0.317 e. The molecule has 0 saturated heterocycles. The third-order valence-electron chi connectivity index (χ3n) is 4.97. The molecule has 3 unspecified atom stereocenters. The monoisotopic (exact) mass is 282 g/mol. The maximum Gasteiger partial charge on any atom is 0.0704 e. The third-order valence-corrected chi connectivity index (χ3v) is 4.97. The number of benzene rings is 1. The molecule has 21 heavy (non-hydrogen) atoms. The van der Waals surface area contributed by atoms with Gasteiger partial charge >= 0.3 is 0 Å². The van der Waals surface area contributed by atoms with Crippen LogP contribution in [0.25, 0.3) is 10.9 Å². The van der Waals surface area contributed by atoms with E-state index in [0.717, 1.165) is 30.4 Å². The molecule has 0 aliphatic heterocycles. The number of hydrogen-bond donors (Lipinski definition) is 1. The number of nitrogens with one attached hydrogen (secondary N) is 1. The van der Waals surface area contributed by atoms with E-state index >= 15 is 0 Å². The van der Waals surface area contributed by atoms with Gasteiger partial charge < -0.3 is 5.32 Å². The van der Waals surface area contributed by atoms with Crippen LogP contribution >= 0.6 is 0 Å².